The zero-order valence-corrected chi connectivity index (χ0v) is 19.1. The van der Waals surface area contributed by atoms with Crippen molar-refractivity contribution in [3.05, 3.63) is 11.6 Å². The maximum absolute atomic E-state index is 13.1. The Balaban J connectivity index is 1.74. The fourth-order valence-electron chi connectivity index (χ4n) is 7.78. The Hall–Kier alpha value is -1.53. The first-order valence-electron chi connectivity index (χ1n) is 11.8. The first kappa shape index (κ1) is 22.7. The number of esters is 1. The maximum Gasteiger partial charge on any atom is 0.309 e. The van der Waals surface area contributed by atoms with Crippen LogP contribution in [0, 0.1) is 34.5 Å². The average molecular weight is 433 g/mol. The van der Waals surface area contributed by atoms with Gasteiger partial charge in [-0.05, 0) is 67.8 Å². The van der Waals surface area contributed by atoms with Crippen LogP contribution >= 0.6 is 0 Å². The van der Waals surface area contributed by atoms with Crippen molar-refractivity contribution in [2.75, 3.05) is 6.61 Å². The molecule has 6 nitrogen and oxygen atoms in total. The lowest BCUT2D eigenvalue weighted by Gasteiger charge is -2.60. The number of ketones is 2. The van der Waals surface area contributed by atoms with E-state index in [1.165, 1.54) is 0 Å². The van der Waals surface area contributed by atoms with Gasteiger partial charge in [0, 0.05) is 11.8 Å². The average Bonchev–Trinajstić information content (AvgIpc) is 3.00. The minimum Gasteiger partial charge on any atom is -0.450 e. The fourth-order valence-corrected chi connectivity index (χ4v) is 7.78. The highest BCUT2D eigenvalue weighted by atomic mass is 16.6. The minimum absolute atomic E-state index is 0.0273. The molecule has 0 heterocycles. The third kappa shape index (κ3) is 3.08. The van der Waals surface area contributed by atoms with Crippen molar-refractivity contribution >= 4 is 17.5 Å². The molecule has 0 saturated heterocycles. The van der Waals surface area contributed by atoms with E-state index in [4.69, 9.17) is 4.74 Å². The van der Waals surface area contributed by atoms with Crippen molar-refractivity contribution in [2.24, 2.45) is 34.5 Å². The van der Waals surface area contributed by atoms with Gasteiger partial charge < -0.3 is 14.9 Å². The monoisotopic (exact) mass is 432 g/mol. The molecule has 7 unspecified atom stereocenters. The molecule has 0 aromatic heterocycles. The van der Waals surface area contributed by atoms with E-state index in [9.17, 15) is 24.6 Å². The second-order valence-corrected chi connectivity index (χ2v) is 11.1. The van der Waals surface area contributed by atoms with E-state index in [1.807, 2.05) is 6.92 Å². The number of carbonyl (C=O) groups is 3. The number of allylic oxidation sites excluding steroid dienone is 1. The van der Waals surface area contributed by atoms with Gasteiger partial charge in [0.25, 0.3) is 0 Å². The van der Waals surface area contributed by atoms with Crippen molar-refractivity contribution in [2.45, 2.75) is 84.3 Å². The summed E-state index contributed by atoms with van der Waals surface area (Å²) in [7, 11) is 0. The molecule has 0 aromatic rings. The van der Waals surface area contributed by atoms with Gasteiger partial charge in [0.05, 0.1) is 12.0 Å². The first-order valence-corrected chi connectivity index (χ1v) is 11.8. The molecule has 7 atom stereocenters. The van der Waals surface area contributed by atoms with Gasteiger partial charge in [-0.2, -0.15) is 0 Å². The molecule has 31 heavy (non-hydrogen) atoms. The van der Waals surface area contributed by atoms with Crippen LogP contribution in [0.1, 0.15) is 72.6 Å². The Kier molecular flexibility index (Phi) is 5.49. The van der Waals surface area contributed by atoms with Crippen LogP contribution in [0.15, 0.2) is 11.6 Å². The number of rotatable bonds is 4. The predicted molar refractivity (Wildman–Crippen MR) is 114 cm³/mol. The minimum atomic E-state index is -1.39. The van der Waals surface area contributed by atoms with Crippen molar-refractivity contribution in [1.82, 2.24) is 0 Å². The van der Waals surface area contributed by atoms with Crippen molar-refractivity contribution < 1.29 is 29.3 Å². The molecule has 0 aromatic carbocycles. The van der Waals surface area contributed by atoms with Gasteiger partial charge in [0.1, 0.15) is 6.61 Å². The van der Waals surface area contributed by atoms with Crippen LogP contribution in [0.25, 0.3) is 0 Å². The molecule has 0 spiro atoms. The molecule has 3 saturated carbocycles. The largest absolute Gasteiger partial charge is 0.450 e. The Morgan fingerprint density at radius 3 is 2.55 bits per heavy atom. The van der Waals surface area contributed by atoms with Crippen LogP contribution in [-0.2, 0) is 19.1 Å². The highest BCUT2D eigenvalue weighted by Gasteiger charge is 2.70. The normalized spacial score (nSPS) is 44.2. The Morgan fingerprint density at radius 1 is 1.19 bits per heavy atom. The molecule has 4 aliphatic carbocycles. The smallest absolute Gasteiger partial charge is 0.309 e. The Morgan fingerprint density at radius 2 is 1.90 bits per heavy atom. The number of hydrogen-bond donors (Lipinski definition) is 2. The first-order chi connectivity index (χ1) is 14.5. The highest BCUT2D eigenvalue weighted by Crippen LogP contribution is 2.68. The van der Waals surface area contributed by atoms with Crippen LogP contribution < -0.4 is 0 Å². The van der Waals surface area contributed by atoms with Crippen molar-refractivity contribution in [3.63, 3.8) is 0 Å². The van der Waals surface area contributed by atoms with E-state index < -0.39 is 35.5 Å². The van der Waals surface area contributed by atoms with Gasteiger partial charge in [-0.25, -0.2) is 0 Å². The van der Waals surface area contributed by atoms with E-state index in [-0.39, 0.29) is 34.9 Å². The number of aliphatic hydroxyl groups is 2. The van der Waals surface area contributed by atoms with Crippen LogP contribution in [-0.4, -0.2) is 46.1 Å². The summed E-state index contributed by atoms with van der Waals surface area (Å²) in [6.07, 6.45) is 5.57. The quantitative estimate of drug-likeness (QED) is 0.663. The van der Waals surface area contributed by atoms with Gasteiger partial charge in [-0.15, -0.1) is 0 Å². The molecule has 3 fully saturated rings. The van der Waals surface area contributed by atoms with Gasteiger partial charge in [0.2, 0.25) is 5.78 Å². The second kappa shape index (κ2) is 7.51. The molecule has 0 radical (unpaired) electrons. The summed E-state index contributed by atoms with van der Waals surface area (Å²) in [5, 5.41) is 21.3. The lowest BCUT2D eigenvalue weighted by Crippen LogP contribution is -2.63. The molecule has 0 amide bonds. The third-order valence-electron chi connectivity index (χ3n) is 9.36. The Bertz CT molecular complexity index is 830. The Labute approximate surface area is 184 Å². The fraction of sp³-hybridized carbons (Fsp3) is 0.800. The summed E-state index contributed by atoms with van der Waals surface area (Å²) in [6, 6.07) is 0. The number of fused-ring (bicyclic) bond motifs is 5. The molecule has 0 aliphatic heterocycles. The lowest BCUT2D eigenvalue weighted by molar-refractivity contribution is -0.204. The van der Waals surface area contributed by atoms with Gasteiger partial charge in [0.15, 0.2) is 11.4 Å². The van der Waals surface area contributed by atoms with Crippen LogP contribution in [0.5, 0.6) is 0 Å². The maximum atomic E-state index is 13.1. The second-order valence-electron chi connectivity index (χ2n) is 11.1. The zero-order chi connectivity index (χ0) is 22.8. The molecule has 2 N–H and O–H groups in total. The predicted octanol–water partition coefficient (Wildman–Crippen LogP) is 2.99. The molecular formula is C25H36O6. The van der Waals surface area contributed by atoms with Gasteiger partial charge in [-0.1, -0.05) is 33.3 Å². The van der Waals surface area contributed by atoms with Gasteiger partial charge in [-0.3, -0.25) is 14.4 Å². The van der Waals surface area contributed by atoms with E-state index in [1.54, 1.807) is 19.9 Å². The lowest BCUT2D eigenvalue weighted by atomic mass is 9.45. The molecule has 6 heteroatoms. The van der Waals surface area contributed by atoms with E-state index in [2.05, 4.69) is 6.92 Å². The summed E-state index contributed by atoms with van der Waals surface area (Å²) in [6.45, 7) is 6.96. The molecule has 172 valence electrons. The topological polar surface area (TPSA) is 101 Å². The van der Waals surface area contributed by atoms with Crippen LogP contribution in [0.4, 0.5) is 0 Å². The van der Waals surface area contributed by atoms with E-state index >= 15 is 0 Å². The van der Waals surface area contributed by atoms with Crippen molar-refractivity contribution in [1.29, 1.82) is 0 Å². The van der Waals surface area contributed by atoms with Crippen molar-refractivity contribution in [3.8, 4) is 0 Å². The standard InChI is InChI=1S/C25H36O6/c1-14(2)22(30)31-25(20(29)13-26)10-8-18-17-6-5-15-11-16(27)7-9-23(15,3)21(17)19(28)12-24(18,25)4/h11,14,17-19,21,26,28H,5-10,12-13H2,1-4H3. The third-order valence-corrected chi connectivity index (χ3v) is 9.36. The molecule has 4 aliphatic rings. The van der Waals surface area contributed by atoms with E-state index in [0.717, 1.165) is 31.3 Å². The summed E-state index contributed by atoms with van der Waals surface area (Å²) in [5.41, 5.74) is -1.16. The number of hydrogen-bond acceptors (Lipinski definition) is 6. The molecule has 0 bridgehead atoms. The number of aliphatic hydroxyl groups excluding tert-OH is 2. The number of ether oxygens (including phenoxy) is 1. The van der Waals surface area contributed by atoms with Crippen LogP contribution in [0.2, 0.25) is 0 Å². The highest BCUT2D eigenvalue weighted by molar-refractivity contribution is 5.92. The van der Waals surface area contributed by atoms with E-state index in [0.29, 0.717) is 19.3 Å². The summed E-state index contributed by atoms with van der Waals surface area (Å²) < 4.78 is 5.94. The summed E-state index contributed by atoms with van der Waals surface area (Å²) in [5.74, 6) is -0.763. The molecule has 4 rings (SSSR count). The van der Waals surface area contributed by atoms with Crippen LogP contribution in [0.3, 0.4) is 0 Å². The summed E-state index contributed by atoms with van der Waals surface area (Å²) in [4.78, 5) is 37.7. The number of Topliss-reactive ketones (excluding diaryl/α,β-unsaturated/α-hetero) is 1. The SMILES string of the molecule is CC(C)C(=O)OC1(C(=O)CO)CCC2C3CCC4=CC(=O)CCC4(C)C3C(O)CC21C. The molecular weight excluding hydrogens is 396 g/mol. The number of carbonyl (C=O) groups excluding carboxylic acids is 3. The van der Waals surface area contributed by atoms with Gasteiger partial charge >= 0.3 is 5.97 Å². The zero-order valence-electron chi connectivity index (χ0n) is 19.1. The summed E-state index contributed by atoms with van der Waals surface area (Å²) >= 11 is 0.